The number of rotatable bonds is 5. The summed E-state index contributed by atoms with van der Waals surface area (Å²) in [6.45, 7) is 8.67. The minimum Gasteiger partial charge on any atom is -0.339 e. The van der Waals surface area contributed by atoms with Gasteiger partial charge in [-0.2, -0.15) is 0 Å². The van der Waals surface area contributed by atoms with E-state index < -0.39 is 0 Å². The number of hydrogen-bond donors (Lipinski definition) is 1. The lowest BCUT2D eigenvalue weighted by Crippen LogP contribution is -2.39. The molecule has 1 saturated heterocycles. The van der Waals surface area contributed by atoms with Crippen LogP contribution in [-0.2, 0) is 0 Å². The van der Waals surface area contributed by atoms with Crippen LogP contribution in [0.1, 0.15) is 60.8 Å². The molecule has 1 amide bonds. The van der Waals surface area contributed by atoms with Gasteiger partial charge in [0.05, 0.1) is 16.6 Å². The molecular weight excluding hydrogens is 352 g/mol. The Bertz CT molecular complexity index is 751. The van der Waals surface area contributed by atoms with E-state index in [1.807, 2.05) is 24.9 Å². The predicted octanol–water partition coefficient (Wildman–Crippen LogP) is 3.54. The van der Waals surface area contributed by atoms with E-state index in [9.17, 15) is 4.79 Å². The molecule has 0 spiro atoms. The zero-order valence-corrected chi connectivity index (χ0v) is 16.9. The van der Waals surface area contributed by atoms with Crippen LogP contribution in [0.3, 0.4) is 0 Å². The lowest BCUT2D eigenvalue weighted by molar-refractivity contribution is 0.0689. The van der Waals surface area contributed by atoms with Gasteiger partial charge in [0.2, 0.25) is 0 Å². The van der Waals surface area contributed by atoms with Crippen LogP contribution in [0.15, 0.2) is 10.6 Å². The molecule has 1 fully saturated rings. The molecule has 0 unspecified atom stereocenters. The number of amides is 1. The Morgan fingerprint density at radius 1 is 1.38 bits per heavy atom. The molecule has 7 heteroatoms. The van der Waals surface area contributed by atoms with Crippen molar-refractivity contribution in [3.63, 3.8) is 0 Å². The summed E-state index contributed by atoms with van der Waals surface area (Å²) in [4.78, 5) is 19.6. The van der Waals surface area contributed by atoms with Gasteiger partial charge < -0.3 is 14.7 Å². The lowest BCUT2D eigenvalue weighted by Gasteiger charge is -2.32. The number of fused-ring (bicyclic) bond motifs is 1. The minimum absolute atomic E-state index is 0. The number of nitrogens with one attached hydrogen (secondary N) is 1. The molecule has 2 aromatic rings. The highest BCUT2D eigenvalue weighted by Gasteiger charge is 2.27. The molecule has 0 saturated carbocycles. The van der Waals surface area contributed by atoms with E-state index in [2.05, 4.69) is 29.3 Å². The van der Waals surface area contributed by atoms with Crippen LogP contribution in [-0.4, -0.2) is 47.6 Å². The first kappa shape index (κ1) is 20.6. The summed E-state index contributed by atoms with van der Waals surface area (Å²) in [5.41, 5.74) is 2.75. The first-order valence-corrected chi connectivity index (χ1v) is 9.22. The Kier molecular flexibility index (Phi) is 7.01. The van der Waals surface area contributed by atoms with Crippen LogP contribution in [0, 0.1) is 12.8 Å². The summed E-state index contributed by atoms with van der Waals surface area (Å²) < 4.78 is 5.39. The SMILES string of the molecule is CNCCC1CCN(C(=O)c2cc(C)nc3onc(C(C)C)c23)CC1.Cl. The molecule has 0 radical (unpaired) electrons. The van der Waals surface area contributed by atoms with Crippen LogP contribution in [0.2, 0.25) is 0 Å². The third kappa shape index (κ3) is 4.18. The van der Waals surface area contributed by atoms with Gasteiger partial charge in [0, 0.05) is 18.8 Å². The van der Waals surface area contributed by atoms with E-state index in [1.54, 1.807) is 0 Å². The second-order valence-corrected chi connectivity index (χ2v) is 7.34. The third-order valence-electron chi connectivity index (χ3n) is 5.08. The van der Waals surface area contributed by atoms with Crippen LogP contribution >= 0.6 is 12.4 Å². The maximum atomic E-state index is 13.2. The van der Waals surface area contributed by atoms with Crippen molar-refractivity contribution in [3.8, 4) is 0 Å². The predicted molar refractivity (Wildman–Crippen MR) is 105 cm³/mol. The first-order chi connectivity index (χ1) is 12.0. The number of aromatic nitrogens is 2. The van der Waals surface area contributed by atoms with Crippen molar-refractivity contribution >= 4 is 29.4 Å². The number of halogens is 1. The minimum atomic E-state index is 0. The van der Waals surface area contributed by atoms with Gasteiger partial charge in [-0.3, -0.25) is 4.79 Å². The van der Waals surface area contributed by atoms with E-state index in [-0.39, 0.29) is 24.2 Å². The van der Waals surface area contributed by atoms with E-state index in [0.717, 1.165) is 49.2 Å². The van der Waals surface area contributed by atoms with Gasteiger partial charge in [0.25, 0.3) is 11.6 Å². The maximum Gasteiger partial charge on any atom is 0.259 e. The Balaban J connectivity index is 0.00000243. The highest BCUT2D eigenvalue weighted by Crippen LogP contribution is 2.29. The van der Waals surface area contributed by atoms with Crippen molar-refractivity contribution < 1.29 is 9.32 Å². The van der Waals surface area contributed by atoms with Gasteiger partial charge >= 0.3 is 0 Å². The summed E-state index contributed by atoms with van der Waals surface area (Å²) in [7, 11) is 1.99. The summed E-state index contributed by atoms with van der Waals surface area (Å²) >= 11 is 0. The van der Waals surface area contributed by atoms with Gasteiger partial charge in [-0.1, -0.05) is 19.0 Å². The smallest absolute Gasteiger partial charge is 0.259 e. The molecule has 0 bridgehead atoms. The Labute approximate surface area is 161 Å². The molecule has 0 aromatic carbocycles. The molecule has 1 N–H and O–H groups in total. The number of hydrogen-bond acceptors (Lipinski definition) is 5. The number of pyridine rings is 1. The van der Waals surface area contributed by atoms with E-state index >= 15 is 0 Å². The monoisotopic (exact) mass is 380 g/mol. The van der Waals surface area contributed by atoms with Crippen molar-refractivity contribution in [2.24, 2.45) is 5.92 Å². The molecule has 3 rings (SSSR count). The average Bonchev–Trinajstić information content (AvgIpc) is 3.03. The van der Waals surface area contributed by atoms with Crippen molar-refractivity contribution in [3.05, 3.63) is 23.0 Å². The van der Waals surface area contributed by atoms with Crippen LogP contribution in [0.4, 0.5) is 0 Å². The molecule has 0 aliphatic carbocycles. The van der Waals surface area contributed by atoms with Gasteiger partial charge in [-0.25, -0.2) is 4.98 Å². The molecule has 6 nitrogen and oxygen atoms in total. The van der Waals surface area contributed by atoms with Crippen LogP contribution < -0.4 is 5.32 Å². The summed E-state index contributed by atoms with van der Waals surface area (Å²) in [6, 6.07) is 1.88. The highest BCUT2D eigenvalue weighted by molar-refractivity contribution is 6.06. The van der Waals surface area contributed by atoms with E-state index in [1.165, 1.54) is 6.42 Å². The molecule has 1 aliphatic heterocycles. The topological polar surface area (TPSA) is 71.3 Å². The Hall–Kier alpha value is -1.66. The zero-order valence-electron chi connectivity index (χ0n) is 16.0. The number of piperidine rings is 1. The molecule has 3 heterocycles. The van der Waals surface area contributed by atoms with Gasteiger partial charge in [-0.05, 0) is 57.7 Å². The normalized spacial score (nSPS) is 15.5. The van der Waals surface area contributed by atoms with Crippen molar-refractivity contribution in [1.82, 2.24) is 20.4 Å². The number of nitrogens with zero attached hydrogens (tertiary/aromatic N) is 3. The summed E-state index contributed by atoms with van der Waals surface area (Å²) in [5.74, 6) is 0.967. The molecular formula is C19H29ClN4O2. The molecule has 1 aliphatic rings. The summed E-state index contributed by atoms with van der Waals surface area (Å²) in [6.07, 6.45) is 3.32. The molecule has 26 heavy (non-hydrogen) atoms. The van der Waals surface area contributed by atoms with E-state index in [0.29, 0.717) is 17.2 Å². The fourth-order valence-corrected chi connectivity index (χ4v) is 3.60. The number of aryl methyl sites for hydroxylation is 1. The Morgan fingerprint density at radius 3 is 2.69 bits per heavy atom. The maximum absolute atomic E-state index is 13.2. The number of likely N-dealkylation sites (tertiary alicyclic amines) is 1. The zero-order chi connectivity index (χ0) is 18.0. The second kappa shape index (κ2) is 8.82. The van der Waals surface area contributed by atoms with Crippen LogP contribution in [0.5, 0.6) is 0 Å². The Morgan fingerprint density at radius 2 is 2.08 bits per heavy atom. The summed E-state index contributed by atoms with van der Waals surface area (Å²) in [5, 5.41) is 8.15. The van der Waals surface area contributed by atoms with Crippen molar-refractivity contribution in [1.29, 1.82) is 0 Å². The van der Waals surface area contributed by atoms with Gasteiger partial charge in [-0.15, -0.1) is 12.4 Å². The van der Waals surface area contributed by atoms with Crippen LogP contribution in [0.25, 0.3) is 11.1 Å². The lowest BCUT2D eigenvalue weighted by atomic mass is 9.93. The second-order valence-electron chi connectivity index (χ2n) is 7.34. The number of carbonyl (C=O) groups is 1. The van der Waals surface area contributed by atoms with Crippen molar-refractivity contribution in [2.75, 3.05) is 26.7 Å². The van der Waals surface area contributed by atoms with E-state index in [4.69, 9.17) is 4.52 Å². The molecule has 144 valence electrons. The third-order valence-corrected chi connectivity index (χ3v) is 5.08. The average molecular weight is 381 g/mol. The fourth-order valence-electron chi connectivity index (χ4n) is 3.60. The van der Waals surface area contributed by atoms with Gasteiger partial charge in [0.15, 0.2) is 0 Å². The molecule has 0 atom stereocenters. The first-order valence-electron chi connectivity index (χ1n) is 9.22. The standard InChI is InChI=1S/C19H28N4O2.ClH/c1-12(2)17-16-15(11-13(3)21-18(16)25-22-17)19(24)23-9-6-14(7-10-23)5-8-20-4;/h11-12,14,20H,5-10H2,1-4H3;1H. The fraction of sp³-hybridized carbons (Fsp3) is 0.632. The quantitative estimate of drug-likeness (QED) is 0.858. The van der Waals surface area contributed by atoms with Gasteiger partial charge in [0.1, 0.15) is 0 Å². The molecule has 2 aromatic heterocycles. The number of carbonyl (C=O) groups excluding carboxylic acids is 1. The highest BCUT2D eigenvalue weighted by atomic mass is 35.5. The van der Waals surface area contributed by atoms with Crippen molar-refractivity contribution in [2.45, 2.75) is 46.0 Å². The largest absolute Gasteiger partial charge is 0.339 e.